The molecule has 7 heteroatoms. The van der Waals surface area contributed by atoms with E-state index in [9.17, 15) is 9.18 Å². The van der Waals surface area contributed by atoms with Crippen molar-refractivity contribution in [1.29, 1.82) is 0 Å². The maximum absolute atomic E-state index is 14.5. The number of aryl methyl sites for hydroxylation is 2. The molecular formula is C24H25FN4O2. The molecule has 3 aromatic rings. The number of fused-ring (bicyclic) bond motifs is 1. The fourth-order valence-electron chi connectivity index (χ4n) is 3.68. The van der Waals surface area contributed by atoms with Crippen LogP contribution in [0.1, 0.15) is 27.3 Å². The second-order valence-electron chi connectivity index (χ2n) is 7.94. The van der Waals surface area contributed by atoms with Crippen LogP contribution in [0.3, 0.4) is 0 Å². The highest BCUT2D eigenvalue weighted by molar-refractivity contribution is 5.94. The maximum Gasteiger partial charge on any atom is 0.251 e. The van der Waals surface area contributed by atoms with Crippen molar-refractivity contribution in [2.45, 2.75) is 26.4 Å². The minimum atomic E-state index is -0.353. The number of halogens is 1. The molecule has 0 spiro atoms. The Morgan fingerprint density at radius 1 is 1.19 bits per heavy atom. The molecule has 0 aliphatic carbocycles. The Hall–Kier alpha value is -3.48. The number of anilines is 1. The molecule has 0 unspecified atom stereocenters. The van der Waals surface area contributed by atoms with E-state index in [1.807, 2.05) is 45.0 Å². The number of nitrogens with one attached hydrogen (secondary N) is 1. The average Bonchev–Trinajstić information content (AvgIpc) is 3.19. The molecular weight excluding hydrogens is 395 g/mol. The molecule has 1 aromatic heterocycles. The molecule has 1 aliphatic rings. The summed E-state index contributed by atoms with van der Waals surface area (Å²) in [4.78, 5) is 23.4. The average molecular weight is 420 g/mol. The van der Waals surface area contributed by atoms with Crippen LogP contribution in [-0.2, 0) is 6.42 Å². The van der Waals surface area contributed by atoms with Gasteiger partial charge in [0.2, 0.25) is 0 Å². The summed E-state index contributed by atoms with van der Waals surface area (Å²) in [7, 11) is 3.89. The van der Waals surface area contributed by atoms with Crippen molar-refractivity contribution >= 4 is 11.6 Å². The van der Waals surface area contributed by atoms with Crippen molar-refractivity contribution in [2.24, 2.45) is 0 Å². The van der Waals surface area contributed by atoms with Gasteiger partial charge in [-0.2, -0.15) is 0 Å². The Bertz CT molecular complexity index is 1130. The van der Waals surface area contributed by atoms with Gasteiger partial charge in [-0.15, -0.1) is 0 Å². The molecule has 2 aromatic carbocycles. The summed E-state index contributed by atoms with van der Waals surface area (Å²) in [5.74, 6) is -0.0198. The molecule has 0 bridgehead atoms. The molecule has 0 saturated carbocycles. The van der Waals surface area contributed by atoms with E-state index in [4.69, 9.17) is 4.74 Å². The fourth-order valence-corrected chi connectivity index (χ4v) is 3.68. The van der Waals surface area contributed by atoms with Gasteiger partial charge in [0.05, 0.1) is 23.6 Å². The molecule has 4 rings (SSSR count). The van der Waals surface area contributed by atoms with Gasteiger partial charge in [0.15, 0.2) is 0 Å². The molecule has 31 heavy (non-hydrogen) atoms. The van der Waals surface area contributed by atoms with Gasteiger partial charge in [-0.05, 0) is 50.2 Å². The Morgan fingerprint density at radius 2 is 1.94 bits per heavy atom. The number of hydrogen-bond acceptors (Lipinski definition) is 5. The maximum atomic E-state index is 14.5. The first-order chi connectivity index (χ1) is 14.8. The van der Waals surface area contributed by atoms with Crippen LogP contribution in [0.4, 0.5) is 10.1 Å². The van der Waals surface area contributed by atoms with E-state index in [1.165, 1.54) is 6.07 Å². The molecule has 1 atom stereocenters. The predicted molar refractivity (Wildman–Crippen MR) is 118 cm³/mol. The van der Waals surface area contributed by atoms with Crippen LogP contribution < -0.4 is 15.0 Å². The minimum absolute atomic E-state index is 0.189. The van der Waals surface area contributed by atoms with E-state index in [0.717, 1.165) is 22.6 Å². The van der Waals surface area contributed by atoms with Gasteiger partial charge in [0, 0.05) is 49.1 Å². The van der Waals surface area contributed by atoms with Gasteiger partial charge < -0.3 is 15.0 Å². The molecule has 0 saturated heterocycles. The summed E-state index contributed by atoms with van der Waals surface area (Å²) >= 11 is 0. The van der Waals surface area contributed by atoms with E-state index in [1.54, 1.807) is 24.4 Å². The van der Waals surface area contributed by atoms with Crippen LogP contribution in [0.15, 0.2) is 42.6 Å². The molecule has 0 fully saturated rings. The Labute approximate surface area is 181 Å². The smallest absolute Gasteiger partial charge is 0.251 e. The van der Waals surface area contributed by atoms with Crippen molar-refractivity contribution in [2.75, 3.05) is 25.5 Å². The first-order valence-corrected chi connectivity index (χ1v) is 10.2. The lowest BCUT2D eigenvalue weighted by Crippen LogP contribution is -2.34. The van der Waals surface area contributed by atoms with Crippen LogP contribution >= 0.6 is 0 Å². The van der Waals surface area contributed by atoms with Crippen LogP contribution in [0.5, 0.6) is 5.75 Å². The number of amides is 1. The lowest BCUT2D eigenvalue weighted by molar-refractivity contribution is 0.0933. The fraction of sp³-hybridized carbons (Fsp3) is 0.292. The zero-order valence-electron chi connectivity index (χ0n) is 18.1. The largest absolute Gasteiger partial charge is 0.487 e. The summed E-state index contributed by atoms with van der Waals surface area (Å²) in [6, 6.07) is 10.5. The number of aromatic nitrogens is 2. The third-order valence-electron chi connectivity index (χ3n) is 5.39. The highest BCUT2D eigenvalue weighted by atomic mass is 19.1. The van der Waals surface area contributed by atoms with Gasteiger partial charge in [0.1, 0.15) is 17.7 Å². The predicted octanol–water partition coefficient (Wildman–Crippen LogP) is 3.70. The van der Waals surface area contributed by atoms with E-state index >= 15 is 0 Å². The third-order valence-corrected chi connectivity index (χ3v) is 5.39. The normalized spacial score (nSPS) is 14.7. The van der Waals surface area contributed by atoms with Gasteiger partial charge in [-0.3, -0.25) is 9.78 Å². The quantitative estimate of drug-likeness (QED) is 0.682. The molecule has 1 aliphatic heterocycles. The molecule has 160 valence electrons. The Balaban J connectivity index is 1.49. The molecule has 6 nitrogen and oxygen atoms in total. The highest BCUT2D eigenvalue weighted by Crippen LogP contribution is 2.40. The summed E-state index contributed by atoms with van der Waals surface area (Å²) in [5.41, 5.74) is 5.03. The lowest BCUT2D eigenvalue weighted by atomic mass is 10.0. The van der Waals surface area contributed by atoms with E-state index in [0.29, 0.717) is 29.0 Å². The second kappa shape index (κ2) is 8.34. The van der Waals surface area contributed by atoms with Gasteiger partial charge in [-0.1, -0.05) is 0 Å². The topological polar surface area (TPSA) is 67.3 Å². The minimum Gasteiger partial charge on any atom is -0.487 e. The van der Waals surface area contributed by atoms with E-state index in [-0.39, 0.29) is 24.4 Å². The van der Waals surface area contributed by atoms with Crippen molar-refractivity contribution < 1.29 is 13.9 Å². The zero-order chi connectivity index (χ0) is 22.1. The Morgan fingerprint density at radius 3 is 2.65 bits per heavy atom. The molecule has 2 heterocycles. The van der Waals surface area contributed by atoms with Crippen LogP contribution in [-0.4, -0.2) is 42.6 Å². The zero-order valence-corrected chi connectivity index (χ0v) is 18.1. The number of ether oxygens (including phenoxy) is 1. The number of nitrogens with zero attached hydrogens (tertiary/aromatic N) is 3. The summed E-state index contributed by atoms with van der Waals surface area (Å²) in [5, 5.41) is 2.90. The van der Waals surface area contributed by atoms with Crippen molar-refractivity contribution in [1.82, 2.24) is 15.3 Å². The Kier molecular flexibility index (Phi) is 5.59. The van der Waals surface area contributed by atoms with Crippen LogP contribution in [0.2, 0.25) is 0 Å². The lowest BCUT2D eigenvalue weighted by Gasteiger charge is -2.15. The first kappa shape index (κ1) is 20.8. The second-order valence-corrected chi connectivity index (χ2v) is 7.94. The van der Waals surface area contributed by atoms with Crippen molar-refractivity contribution in [3.63, 3.8) is 0 Å². The molecule has 0 radical (unpaired) electrons. The van der Waals surface area contributed by atoms with Gasteiger partial charge in [-0.25, -0.2) is 9.37 Å². The number of carbonyl (C=O) groups is 1. The van der Waals surface area contributed by atoms with E-state index in [2.05, 4.69) is 15.3 Å². The van der Waals surface area contributed by atoms with Crippen LogP contribution in [0, 0.1) is 19.7 Å². The number of carbonyl (C=O) groups excluding carboxylic acids is 1. The third kappa shape index (κ3) is 4.21. The summed E-state index contributed by atoms with van der Waals surface area (Å²) in [6.07, 6.45) is 1.73. The van der Waals surface area contributed by atoms with Gasteiger partial charge >= 0.3 is 0 Å². The highest BCUT2D eigenvalue weighted by Gasteiger charge is 2.30. The molecule has 1 amide bonds. The SMILES string of the molecule is Cc1cnc(C)c(-c2ccc(F)c3c2O[C@@H](CNC(=O)c2ccc(N(C)C)cc2)C3)n1. The summed E-state index contributed by atoms with van der Waals surface area (Å²) in [6.45, 7) is 4.01. The first-order valence-electron chi connectivity index (χ1n) is 10.2. The number of benzene rings is 2. The van der Waals surface area contributed by atoms with Gasteiger partial charge in [0.25, 0.3) is 5.91 Å². The van der Waals surface area contributed by atoms with Crippen LogP contribution in [0.25, 0.3) is 11.3 Å². The molecule has 1 N–H and O–H groups in total. The number of hydrogen-bond donors (Lipinski definition) is 1. The van der Waals surface area contributed by atoms with Crippen molar-refractivity contribution in [3.05, 3.63) is 70.9 Å². The standard InChI is InChI=1S/C24H25FN4O2/c1-14-12-26-15(2)22(28-14)19-9-10-21(25)20-11-18(31-23(19)20)13-27-24(30)16-5-7-17(8-6-16)29(3)4/h5-10,12,18H,11,13H2,1-4H3,(H,27,30)/t18-/m1/s1. The monoisotopic (exact) mass is 420 g/mol. The number of rotatable bonds is 5. The summed E-state index contributed by atoms with van der Waals surface area (Å²) < 4.78 is 20.6. The van der Waals surface area contributed by atoms with E-state index < -0.39 is 0 Å². The van der Waals surface area contributed by atoms with Crippen molar-refractivity contribution in [3.8, 4) is 17.0 Å².